The molecule has 1 aliphatic rings. The summed E-state index contributed by atoms with van der Waals surface area (Å²) in [5, 5.41) is 16.4. The number of H-pyrrole nitrogens is 1. The molecule has 1 atom stereocenters. The van der Waals surface area contributed by atoms with Crippen molar-refractivity contribution in [1.29, 1.82) is 0 Å². The van der Waals surface area contributed by atoms with Gasteiger partial charge in [-0.05, 0) is 39.3 Å². The Morgan fingerprint density at radius 2 is 2.39 bits per heavy atom. The van der Waals surface area contributed by atoms with Crippen molar-refractivity contribution in [2.24, 2.45) is 0 Å². The van der Waals surface area contributed by atoms with Crippen molar-refractivity contribution in [3.8, 4) is 0 Å². The lowest BCUT2D eigenvalue weighted by atomic mass is 9.95. The first-order valence-corrected chi connectivity index (χ1v) is 6.32. The van der Waals surface area contributed by atoms with Crippen LogP contribution in [0.1, 0.15) is 35.4 Å². The minimum Gasteiger partial charge on any atom is -0.388 e. The number of amides is 1. The number of hydrogen-bond acceptors (Lipinski definition) is 4. The number of aromatic nitrogens is 2. The van der Waals surface area contributed by atoms with Crippen molar-refractivity contribution in [3.05, 3.63) is 17.7 Å². The highest BCUT2D eigenvalue weighted by Crippen LogP contribution is 2.18. The number of aliphatic hydroxyl groups is 1. The second-order valence-corrected chi connectivity index (χ2v) is 4.89. The number of rotatable bonds is 3. The van der Waals surface area contributed by atoms with Crippen molar-refractivity contribution < 1.29 is 9.90 Å². The second-order valence-electron chi connectivity index (χ2n) is 4.89. The van der Waals surface area contributed by atoms with E-state index < -0.39 is 5.60 Å². The molecule has 6 heteroatoms. The molecule has 18 heavy (non-hydrogen) atoms. The highest BCUT2D eigenvalue weighted by molar-refractivity contribution is 5.93. The summed E-state index contributed by atoms with van der Waals surface area (Å²) >= 11 is 0. The molecule has 0 aliphatic carbocycles. The zero-order valence-electron chi connectivity index (χ0n) is 10.6. The molecular formula is C12H20N4O2. The molecule has 0 spiro atoms. The quantitative estimate of drug-likeness (QED) is 0.607. The number of nitrogens with one attached hydrogen (secondary N) is 3. The van der Waals surface area contributed by atoms with Gasteiger partial charge in [0.15, 0.2) is 0 Å². The van der Waals surface area contributed by atoms with Gasteiger partial charge >= 0.3 is 0 Å². The fourth-order valence-electron chi connectivity index (χ4n) is 2.21. The highest BCUT2D eigenvalue weighted by Gasteiger charge is 2.28. The molecule has 2 heterocycles. The zero-order valence-corrected chi connectivity index (χ0v) is 10.6. The SMILES string of the molecule is Cc1[nH]cnc1C(=O)NC[C@@]1(O)CCCNCC1. The maximum atomic E-state index is 11.9. The van der Waals surface area contributed by atoms with Gasteiger partial charge in [0, 0.05) is 12.2 Å². The molecule has 100 valence electrons. The van der Waals surface area contributed by atoms with Gasteiger partial charge in [0.2, 0.25) is 0 Å². The van der Waals surface area contributed by atoms with Crippen LogP contribution in [-0.4, -0.2) is 46.2 Å². The normalized spacial score (nSPS) is 24.6. The van der Waals surface area contributed by atoms with Gasteiger partial charge in [0.1, 0.15) is 5.69 Å². The van der Waals surface area contributed by atoms with Gasteiger partial charge in [-0.1, -0.05) is 0 Å². The minimum absolute atomic E-state index is 0.237. The van der Waals surface area contributed by atoms with Crippen LogP contribution in [0.15, 0.2) is 6.33 Å². The Morgan fingerprint density at radius 3 is 3.11 bits per heavy atom. The number of aromatic amines is 1. The van der Waals surface area contributed by atoms with Gasteiger partial charge in [-0.25, -0.2) is 4.98 Å². The monoisotopic (exact) mass is 252 g/mol. The summed E-state index contributed by atoms with van der Waals surface area (Å²) in [4.78, 5) is 18.7. The van der Waals surface area contributed by atoms with E-state index in [1.165, 1.54) is 6.33 Å². The molecule has 4 N–H and O–H groups in total. The molecular weight excluding hydrogens is 232 g/mol. The van der Waals surface area contributed by atoms with Crippen LogP contribution in [0.3, 0.4) is 0 Å². The Morgan fingerprint density at radius 1 is 1.56 bits per heavy atom. The maximum Gasteiger partial charge on any atom is 0.271 e. The summed E-state index contributed by atoms with van der Waals surface area (Å²) in [5.74, 6) is -0.237. The van der Waals surface area contributed by atoms with Crippen LogP contribution in [0.5, 0.6) is 0 Å². The van der Waals surface area contributed by atoms with Gasteiger partial charge in [-0.3, -0.25) is 4.79 Å². The molecule has 1 amide bonds. The molecule has 0 aromatic carbocycles. The van der Waals surface area contributed by atoms with Crippen molar-refractivity contribution in [2.75, 3.05) is 19.6 Å². The lowest BCUT2D eigenvalue weighted by Crippen LogP contribution is -2.43. The first kappa shape index (κ1) is 13.0. The highest BCUT2D eigenvalue weighted by atomic mass is 16.3. The molecule has 1 fully saturated rings. The molecule has 1 aromatic rings. The fourth-order valence-corrected chi connectivity index (χ4v) is 2.21. The molecule has 0 unspecified atom stereocenters. The fraction of sp³-hybridized carbons (Fsp3) is 0.667. The number of carbonyl (C=O) groups is 1. The average Bonchev–Trinajstić information content (AvgIpc) is 2.65. The summed E-state index contributed by atoms with van der Waals surface area (Å²) in [5.41, 5.74) is 0.330. The van der Waals surface area contributed by atoms with E-state index in [9.17, 15) is 9.90 Å². The van der Waals surface area contributed by atoms with Gasteiger partial charge in [0.25, 0.3) is 5.91 Å². The van der Waals surface area contributed by atoms with Crippen molar-refractivity contribution in [1.82, 2.24) is 20.6 Å². The van der Waals surface area contributed by atoms with Crippen molar-refractivity contribution >= 4 is 5.91 Å². The zero-order chi connectivity index (χ0) is 13.0. The summed E-state index contributed by atoms with van der Waals surface area (Å²) in [6.45, 7) is 3.79. The number of carbonyl (C=O) groups excluding carboxylic acids is 1. The summed E-state index contributed by atoms with van der Waals surface area (Å²) < 4.78 is 0. The first-order valence-electron chi connectivity index (χ1n) is 6.32. The molecule has 1 saturated heterocycles. The molecule has 6 nitrogen and oxygen atoms in total. The summed E-state index contributed by atoms with van der Waals surface area (Å²) in [6.07, 6.45) is 3.79. The van der Waals surface area contributed by atoms with Crippen LogP contribution < -0.4 is 10.6 Å². The van der Waals surface area contributed by atoms with E-state index in [1.807, 2.05) is 0 Å². The van der Waals surface area contributed by atoms with Crippen LogP contribution in [0, 0.1) is 6.92 Å². The van der Waals surface area contributed by atoms with Crippen LogP contribution >= 0.6 is 0 Å². The van der Waals surface area contributed by atoms with Crippen molar-refractivity contribution in [2.45, 2.75) is 31.8 Å². The van der Waals surface area contributed by atoms with Gasteiger partial charge in [-0.2, -0.15) is 0 Å². The standard InChI is InChI=1S/C12H20N4O2/c1-9-10(16-8-15-9)11(17)14-7-12(18)3-2-5-13-6-4-12/h8,13,18H,2-7H2,1H3,(H,14,17)(H,15,16)/t12-/m1/s1. The third-order valence-corrected chi connectivity index (χ3v) is 3.39. The third kappa shape index (κ3) is 3.08. The molecule has 0 radical (unpaired) electrons. The van der Waals surface area contributed by atoms with Gasteiger partial charge in [0.05, 0.1) is 11.9 Å². The summed E-state index contributed by atoms with van der Waals surface area (Å²) in [7, 11) is 0. The minimum atomic E-state index is -0.802. The Labute approximate surface area is 106 Å². The predicted molar refractivity (Wildman–Crippen MR) is 67.3 cm³/mol. The second kappa shape index (κ2) is 5.49. The molecule has 1 aromatic heterocycles. The largest absolute Gasteiger partial charge is 0.388 e. The van der Waals surface area contributed by atoms with E-state index in [2.05, 4.69) is 20.6 Å². The molecule has 0 bridgehead atoms. The Kier molecular flexibility index (Phi) is 3.98. The topological polar surface area (TPSA) is 90.0 Å². The Bertz CT molecular complexity index is 408. The maximum absolute atomic E-state index is 11.9. The Balaban J connectivity index is 1.90. The lowest BCUT2D eigenvalue weighted by Gasteiger charge is -2.26. The van der Waals surface area contributed by atoms with E-state index in [4.69, 9.17) is 0 Å². The van der Waals surface area contributed by atoms with Gasteiger partial charge in [-0.15, -0.1) is 0 Å². The lowest BCUT2D eigenvalue weighted by molar-refractivity contribution is 0.0275. The van der Waals surface area contributed by atoms with Crippen molar-refractivity contribution in [3.63, 3.8) is 0 Å². The molecule has 2 rings (SSSR count). The number of hydrogen-bond donors (Lipinski definition) is 4. The predicted octanol–water partition coefficient (Wildman–Crippen LogP) is -0.0475. The van der Waals surface area contributed by atoms with E-state index in [0.29, 0.717) is 18.5 Å². The molecule has 0 saturated carbocycles. The van der Waals surface area contributed by atoms with Gasteiger partial charge < -0.3 is 20.7 Å². The first-order chi connectivity index (χ1) is 8.61. The van der Waals surface area contributed by atoms with E-state index >= 15 is 0 Å². The average molecular weight is 252 g/mol. The van der Waals surface area contributed by atoms with E-state index in [0.717, 1.165) is 25.2 Å². The van der Waals surface area contributed by atoms with Crippen LogP contribution in [0.2, 0.25) is 0 Å². The number of aryl methyl sites for hydroxylation is 1. The van der Waals surface area contributed by atoms with E-state index in [-0.39, 0.29) is 12.5 Å². The van der Waals surface area contributed by atoms with Crippen LogP contribution in [0.4, 0.5) is 0 Å². The Hall–Kier alpha value is -1.40. The third-order valence-electron chi connectivity index (χ3n) is 3.39. The number of imidazole rings is 1. The molecule has 1 aliphatic heterocycles. The van der Waals surface area contributed by atoms with Crippen LogP contribution in [-0.2, 0) is 0 Å². The smallest absolute Gasteiger partial charge is 0.271 e. The number of nitrogens with zero attached hydrogens (tertiary/aromatic N) is 1. The summed E-state index contributed by atoms with van der Waals surface area (Å²) in [6, 6.07) is 0. The van der Waals surface area contributed by atoms with Crippen LogP contribution in [0.25, 0.3) is 0 Å². The van der Waals surface area contributed by atoms with E-state index in [1.54, 1.807) is 6.92 Å².